The van der Waals surface area contributed by atoms with Crippen molar-refractivity contribution in [1.82, 2.24) is 4.57 Å². The van der Waals surface area contributed by atoms with Gasteiger partial charge in [-0.05, 0) is 42.8 Å². The van der Waals surface area contributed by atoms with E-state index in [1.807, 2.05) is 30.3 Å². The molecule has 0 saturated heterocycles. The van der Waals surface area contributed by atoms with Crippen molar-refractivity contribution >= 4 is 28.3 Å². The topological polar surface area (TPSA) is 30.9 Å². The van der Waals surface area contributed by atoms with Gasteiger partial charge in [-0.2, -0.15) is 0 Å². The lowest BCUT2D eigenvalue weighted by Crippen LogP contribution is -2.03. The fourth-order valence-electron chi connectivity index (χ4n) is 2.36. The van der Waals surface area contributed by atoms with Gasteiger partial charge in [-0.25, -0.2) is 0 Å². The maximum atomic E-state index is 6.12. The van der Waals surface area contributed by atoms with Crippen molar-refractivity contribution in [2.45, 2.75) is 13.5 Å². The molecule has 0 fully saturated rings. The zero-order valence-electron chi connectivity index (χ0n) is 10.7. The molecule has 3 rings (SSSR count). The monoisotopic (exact) mass is 270 g/mol. The van der Waals surface area contributed by atoms with Gasteiger partial charge in [0.05, 0.1) is 5.52 Å². The average molecular weight is 271 g/mol. The van der Waals surface area contributed by atoms with E-state index >= 15 is 0 Å². The largest absolute Gasteiger partial charge is 0.385 e. The van der Waals surface area contributed by atoms with E-state index in [9.17, 15) is 0 Å². The third-order valence-electron chi connectivity index (χ3n) is 3.34. The molecule has 0 aliphatic carbocycles. The molecule has 0 aliphatic heterocycles. The van der Waals surface area contributed by atoms with Crippen LogP contribution in [-0.2, 0) is 6.54 Å². The second kappa shape index (κ2) is 4.63. The van der Waals surface area contributed by atoms with Crippen LogP contribution in [0.4, 0.5) is 5.82 Å². The highest BCUT2D eigenvalue weighted by molar-refractivity contribution is 6.30. The molecule has 0 saturated carbocycles. The summed E-state index contributed by atoms with van der Waals surface area (Å²) in [5.41, 5.74) is 9.72. The number of anilines is 1. The van der Waals surface area contributed by atoms with Crippen LogP contribution in [0.15, 0.2) is 48.5 Å². The Morgan fingerprint density at radius 3 is 2.53 bits per heavy atom. The van der Waals surface area contributed by atoms with Gasteiger partial charge in [-0.3, -0.25) is 0 Å². The zero-order chi connectivity index (χ0) is 13.4. The summed E-state index contributed by atoms with van der Waals surface area (Å²) >= 11 is 5.91. The van der Waals surface area contributed by atoms with Gasteiger partial charge in [0.25, 0.3) is 0 Å². The average Bonchev–Trinajstić information content (AvgIpc) is 2.68. The Balaban J connectivity index is 2.05. The van der Waals surface area contributed by atoms with E-state index in [0.717, 1.165) is 22.9 Å². The Morgan fingerprint density at radius 2 is 1.79 bits per heavy atom. The first-order valence-electron chi connectivity index (χ1n) is 6.23. The summed E-state index contributed by atoms with van der Waals surface area (Å²) in [7, 11) is 0. The second-order valence-corrected chi connectivity index (χ2v) is 5.28. The van der Waals surface area contributed by atoms with Crippen LogP contribution in [0, 0.1) is 6.92 Å². The summed E-state index contributed by atoms with van der Waals surface area (Å²) in [6, 6.07) is 16.3. The predicted octanol–water partition coefficient (Wildman–Crippen LogP) is 4.23. The van der Waals surface area contributed by atoms with E-state index in [-0.39, 0.29) is 0 Å². The van der Waals surface area contributed by atoms with Crippen LogP contribution in [0.25, 0.3) is 10.9 Å². The van der Waals surface area contributed by atoms with Crippen molar-refractivity contribution in [3.8, 4) is 0 Å². The highest BCUT2D eigenvalue weighted by Gasteiger charge is 2.06. The SMILES string of the molecule is Cc1ccc2c(c1)cc(N)n2Cc1ccc(Cl)cc1. The van der Waals surface area contributed by atoms with Crippen LogP contribution < -0.4 is 5.73 Å². The Labute approximate surface area is 117 Å². The molecule has 0 spiro atoms. The van der Waals surface area contributed by atoms with Crippen molar-refractivity contribution < 1.29 is 0 Å². The predicted molar refractivity (Wildman–Crippen MR) is 81.6 cm³/mol. The lowest BCUT2D eigenvalue weighted by Gasteiger charge is -2.08. The fraction of sp³-hybridized carbons (Fsp3) is 0.125. The van der Waals surface area contributed by atoms with Crippen molar-refractivity contribution in [1.29, 1.82) is 0 Å². The standard InChI is InChI=1S/C16H15ClN2/c1-11-2-7-15-13(8-11)9-16(18)19(15)10-12-3-5-14(17)6-4-12/h2-9H,10,18H2,1H3. The number of nitrogens with two attached hydrogens (primary N) is 1. The number of nitrogen functional groups attached to an aromatic ring is 1. The molecule has 0 amide bonds. The third kappa shape index (κ3) is 2.32. The van der Waals surface area contributed by atoms with E-state index < -0.39 is 0 Å². The molecular formula is C16H15ClN2. The molecule has 1 heterocycles. The number of hydrogen-bond donors (Lipinski definition) is 1. The second-order valence-electron chi connectivity index (χ2n) is 4.84. The summed E-state index contributed by atoms with van der Waals surface area (Å²) in [6.45, 7) is 2.85. The fourth-order valence-corrected chi connectivity index (χ4v) is 2.49. The summed E-state index contributed by atoms with van der Waals surface area (Å²) in [5, 5.41) is 1.94. The molecule has 2 nitrogen and oxygen atoms in total. The van der Waals surface area contributed by atoms with Crippen LogP contribution in [-0.4, -0.2) is 4.57 Å². The van der Waals surface area contributed by atoms with Crippen molar-refractivity contribution in [3.05, 3.63) is 64.7 Å². The molecular weight excluding hydrogens is 256 g/mol. The molecule has 3 heteroatoms. The highest BCUT2D eigenvalue weighted by atomic mass is 35.5. The zero-order valence-corrected chi connectivity index (χ0v) is 11.5. The number of aryl methyl sites for hydroxylation is 1. The molecule has 2 aromatic carbocycles. The number of nitrogens with zero attached hydrogens (tertiary/aromatic N) is 1. The van der Waals surface area contributed by atoms with Gasteiger partial charge in [-0.15, -0.1) is 0 Å². The Bertz CT molecular complexity index is 726. The van der Waals surface area contributed by atoms with Gasteiger partial charge >= 0.3 is 0 Å². The molecule has 0 atom stereocenters. The molecule has 96 valence electrons. The summed E-state index contributed by atoms with van der Waals surface area (Å²) in [6.07, 6.45) is 0. The molecule has 0 bridgehead atoms. The van der Waals surface area contributed by atoms with Crippen molar-refractivity contribution in [3.63, 3.8) is 0 Å². The maximum Gasteiger partial charge on any atom is 0.104 e. The Hall–Kier alpha value is -1.93. The smallest absolute Gasteiger partial charge is 0.104 e. The maximum absolute atomic E-state index is 6.12. The third-order valence-corrected chi connectivity index (χ3v) is 3.59. The van der Waals surface area contributed by atoms with Gasteiger partial charge in [-0.1, -0.05) is 35.4 Å². The number of fused-ring (bicyclic) bond motifs is 1. The minimum Gasteiger partial charge on any atom is -0.385 e. The molecule has 1 aromatic heterocycles. The molecule has 19 heavy (non-hydrogen) atoms. The van der Waals surface area contributed by atoms with Gasteiger partial charge in [0.15, 0.2) is 0 Å². The van der Waals surface area contributed by atoms with Gasteiger partial charge in [0.1, 0.15) is 5.82 Å². The van der Waals surface area contributed by atoms with Crippen molar-refractivity contribution in [2.24, 2.45) is 0 Å². The normalized spacial score (nSPS) is 11.1. The first-order chi connectivity index (χ1) is 9.13. The summed E-state index contributed by atoms with van der Waals surface area (Å²) in [5.74, 6) is 0.788. The number of halogens is 1. The van der Waals surface area contributed by atoms with Crippen LogP contribution in [0.3, 0.4) is 0 Å². The lowest BCUT2D eigenvalue weighted by atomic mass is 10.2. The van der Waals surface area contributed by atoms with Gasteiger partial charge in [0, 0.05) is 17.0 Å². The molecule has 0 aliphatic rings. The Morgan fingerprint density at radius 1 is 1.05 bits per heavy atom. The van der Waals surface area contributed by atoms with E-state index in [2.05, 4.69) is 29.7 Å². The molecule has 3 aromatic rings. The number of hydrogen-bond acceptors (Lipinski definition) is 1. The first kappa shape index (κ1) is 12.1. The van der Waals surface area contributed by atoms with Crippen LogP contribution in [0.2, 0.25) is 5.02 Å². The van der Waals surface area contributed by atoms with E-state index in [1.54, 1.807) is 0 Å². The van der Waals surface area contributed by atoms with Gasteiger partial charge < -0.3 is 10.3 Å². The number of benzene rings is 2. The highest BCUT2D eigenvalue weighted by Crippen LogP contribution is 2.24. The summed E-state index contributed by atoms with van der Waals surface area (Å²) < 4.78 is 2.12. The minimum atomic E-state index is 0.754. The lowest BCUT2D eigenvalue weighted by molar-refractivity contribution is 0.848. The van der Waals surface area contributed by atoms with Crippen LogP contribution in [0.5, 0.6) is 0 Å². The van der Waals surface area contributed by atoms with E-state index in [4.69, 9.17) is 17.3 Å². The first-order valence-corrected chi connectivity index (χ1v) is 6.61. The van der Waals surface area contributed by atoms with Crippen molar-refractivity contribution in [2.75, 3.05) is 5.73 Å². The Kier molecular flexibility index (Phi) is 2.96. The quantitative estimate of drug-likeness (QED) is 0.742. The van der Waals surface area contributed by atoms with E-state index in [0.29, 0.717) is 0 Å². The number of rotatable bonds is 2. The molecule has 2 N–H and O–H groups in total. The van der Waals surface area contributed by atoms with Crippen LogP contribution >= 0.6 is 11.6 Å². The number of aromatic nitrogens is 1. The summed E-state index contributed by atoms with van der Waals surface area (Å²) in [4.78, 5) is 0. The van der Waals surface area contributed by atoms with Crippen LogP contribution in [0.1, 0.15) is 11.1 Å². The van der Waals surface area contributed by atoms with Gasteiger partial charge in [0.2, 0.25) is 0 Å². The molecule has 0 radical (unpaired) electrons. The minimum absolute atomic E-state index is 0.754. The molecule has 0 unspecified atom stereocenters. The van der Waals surface area contributed by atoms with E-state index in [1.165, 1.54) is 16.5 Å².